The van der Waals surface area contributed by atoms with Gasteiger partial charge in [-0.3, -0.25) is 15.6 Å². The van der Waals surface area contributed by atoms with Crippen molar-refractivity contribution in [3.05, 3.63) is 35.4 Å². The van der Waals surface area contributed by atoms with Gasteiger partial charge in [-0.25, -0.2) is 8.42 Å². The van der Waals surface area contributed by atoms with Crippen LogP contribution in [0.4, 0.5) is 0 Å². The van der Waals surface area contributed by atoms with E-state index in [0.29, 0.717) is 34.1 Å². The molecule has 8 heteroatoms. The van der Waals surface area contributed by atoms with Crippen molar-refractivity contribution in [2.75, 3.05) is 6.26 Å². The number of hydrogen-bond donors (Lipinski definition) is 3. The minimum atomic E-state index is -3.09. The molecule has 3 N–H and O–H groups in total. The fraction of sp³-hybridized carbons (Fsp3) is 0.556. The molecule has 1 saturated carbocycles. The van der Waals surface area contributed by atoms with Crippen molar-refractivity contribution in [1.29, 1.82) is 0 Å². The van der Waals surface area contributed by atoms with Crippen LogP contribution in [0, 0.1) is 11.8 Å². The van der Waals surface area contributed by atoms with Gasteiger partial charge in [0.1, 0.15) is 0 Å². The molecule has 0 heterocycles. The van der Waals surface area contributed by atoms with Gasteiger partial charge in [0.05, 0.1) is 5.75 Å². The topological polar surface area (TPSA) is 87.3 Å². The fourth-order valence-electron chi connectivity index (χ4n) is 3.23. The Labute approximate surface area is 161 Å². The molecule has 0 unspecified atom stereocenters. The number of benzene rings is 1. The molecule has 1 aliphatic rings. The van der Waals surface area contributed by atoms with Crippen molar-refractivity contribution < 1.29 is 13.2 Å². The molecule has 0 spiro atoms. The fourth-order valence-corrected chi connectivity index (χ4v) is 4.23. The van der Waals surface area contributed by atoms with Gasteiger partial charge in [0.15, 0.2) is 14.9 Å². The molecule has 1 fully saturated rings. The maximum absolute atomic E-state index is 12.2. The summed E-state index contributed by atoms with van der Waals surface area (Å²) < 4.78 is 22.6. The lowest BCUT2D eigenvalue weighted by molar-refractivity contribution is 0.0943. The molecule has 1 amide bonds. The number of hydrazine groups is 1. The van der Waals surface area contributed by atoms with Gasteiger partial charge >= 0.3 is 0 Å². The monoisotopic (exact) mass is 397 g/mol. The number of sulfone groups is 1. The number of carbonyl (C=O) groups excluding carboxylic acids is 1. The molecule has 1 aliphatic carbocycles. The van der Waals surface area contributed by atoms with Crippen LogP contribution in [0.5, 0.6) is 0 Å². The van der Waals surface area contributed by atoms with Crippen molar-refractivity contribution >= 4 is 33.1 Å². The summed E-state index contributed by atoms with van der Waals surface area (Å²) in [4.78, 5) is 12.2. The summed E-state index contributed by atoms with van der Waals surface area (Å²) >= 11 is 5.27. The van der Waals surface area contributed by atoms with Crippen molar-refractivity contribution in [3.8, 4) is 0 Å². The molecular weight excluding hydrogens is 370 g/mol. The van der Waals surface area contributed by atoms with Crippen molar-refractivity contribution in [2.24, 2.45) is 11.8 Å². The van der Waals surface area contributed by atoms with Crippen LogP contribution in [0.3, 0.4) is 0 Å². The summed E-state index contributed by atoms with van der Waals surface area (Å²) in [5.41, 5.74) is 6.39. The number of rotatable bonds is 4. The SMILES string of the molecule is C[C@@H]1[C@@H](C)CCC[C@H]1NC(=S)NNC(=O)c1ccc(CS(C)(=O)=O)cc1. The van der Waals surface area contributed by atoms with Gasteiger partial charge in [0, 0.05) is 17.9 Å². The first-order chi connectivity index (χ1) is 12.2. The molecule has 6 nitrogen and oxygen atoms in total. The van der Waals surface area contributed by atoms with E-state index in [1.54, 1.807) is 24.3 Å². The minimum absolute atomic E-state index is 0.0425. The summed E-state index contributed by atoms with van der Waals surface area (Å²) in [7, 11) is -3.09. The van der Waals surface area contributed by atoms with Crippen LogP contribution in [0.1, 0.15) is 49.0 Å². The van der Waals surface area contributed by atoms with Crippen LogP contribution in [0.25, 0.3) is 0 Å². The molecule has 144 valence electrons. The second-order valence-electron chi connectivity index (χ2n) is 7.19. The maximum atomic E-state index is 12.2. The highest BCUT2D eigenvalue weighted by Gasteiger charge is 2.27. The first-order valence-electron chi connectivity index (χ1n) is 8.79. The third-order valence-corrected chi connectivity index (χ3v) is 6.04. The molecule has 0 bridgehead atoms. The Hall–Kier alpha value is -1.67. The third-order valence-electron chi connectivity index (χ3n) is 4.96. The molecule has 3 atom stereocenters. The van der Waals surface area contributed by atoms with Gasteiger partial charge in [-0.15, -0.1) is 0 Å². The lowest BCUT2D eigenvalue weighted by Gasteiger charge is -2.35. The lowest BCUT2D eigenvalue weighted by atomic mass is 9.78. The number of hydrogen-bond acceptors (Lipinski definition) is 4. The van der Waals surface area contributed by atoms with Gasteiger partial charge < -0.3 is 5.32 Å². The van der Waals surface area contributed by atoms with Gasteiger partial charge in [-0.1, -0.05) is 38.8 Å². The minimum Gasteiger partial charge on any atom is -0.358 e. The highest BCUT2D eigenvalue weighted by molar-refractivity contribution is 7.89. The molecule has 0 radical (unpaired) electrons. The second-order valence-corrected chi connectivity index (χ2v) is 9.74. The van der Waals surface area contributed by atoms with Crippen LogP contribution in [-0.2, 0) is 15.6 Å². The van der Waals surface area contributed by atoms with Gasteiger partial charge in [0.2, 0.25) is 0 Å². The molecule has 26 heavy (non-hydrogen) atoms. The van der Waals surface area contributed by atoms with E-state index in [2.05, 4.69) is 30.0 Å². The average Bonchev–Trinajstić information content (AvgIpc) is 2.56. The Bertz CT molecular complexity index is 747. The maximum Gasteiger partial charge on any atom is 0.269 e. The molecule has 1 aromatic rings. The first-order valence-corrected chi connectivity index (χ1v) is 11.3. The van der Waals surface area contributed by atoms with Crippen LogP contribution in [0.15, 0.2) is 24.3 Å². The van der Waals surface area contributed by atoms with Crippen molar-refractivity contribution in [2.45, 2.75) is 44.9 Å². The predicted octanol–water partition coefficient (Wildman–Crippen LogP) is 2.16. The highest BCUT2D eigenvalue weighted by Crippen LogP contribution is 2.29. The van der Waals surface area contributed by atoms with Crippen molar-refractivity contribution in [1.82, 2.24) is 16.2 Å². The van der Waals surface area contributed by atoms with Gasteiger partial charge in [-0.2, -0.15) is 0 Å². The van der Waals surface area contributed by atoms with Crippen LogP contribution >= 0.6 is 12.2 Å². The second kappa shape index (κ2) is 8.81. The smallest absolute Gasteiger partial charge is 0.269 e. The highest BCUT2D eigenvalue weighted by atomic mass is 32.2. The number of amides is 1. The van der Waals surface area contributed by atoms with Gasteiger partial charge in [0.25, 0.3) is 5.91 Å². The summed E-state index contributed by atoms with van der Waals surface area (Å²) in [6.45, 7) is 4.48. The van der Waals surface area contributed by atoms with E-state index in [4.69, 9.17) is 12.2 Å². The number of nitrogens with one attached hydrogen (secondary N) is 3. The number of thiocarbonyl (C=S) groups is 1. The molecule has 0 aliphatic heterocycles. The molecule has 2 rings (SSSR count). The molecule has 1 aromatic carbocycles. The van der Waals surface area contributed by atoms with E-state index in [0.717, 1.165) is 6.42 Å². The quantitative estimate of drug-likeness (QED) is 0.533. The van der Waals surface area contributed by atoms with E-state index >= 15 is 0 Å². The van der Waals surface area contributed by atoms with E-state index < -0.39 is 9.84 Å². The Kier molecular flexibility index (Phi) is 7.00. The van der Waals surface area contributed by atoms with Gasteiger partial charge in [-0.05, 0) is 48.2 Å². The van der Waals surface area contributed by atoms with Crippen molar-refractivity contribution in [3.63, 3.8) is 0 Å². The van der Waals surface area contributed by atoms with E-state index in [1.165, 1.54) is 19.1 Å². The van der Waals surface area contributed by atoms with Crippen LogP contribution in [-0.4, -0.2) is 31.7 Å². The lowest BCUT2D eigenvalue weighted by Crippen LogP contribution is -2.52. The number of carbonyl (C=O) groups is 1. The summed E-state index contributed by atoms with van der Waals surface area (Å²) in [5.74, 6) is 0.815. The molecule has 0 saturated heterocycles. The zero-order chi connectivity index (χ0) is 19.3. The Balaban J connectivity index is 1.83. The largest absolute Gasteiger partial charge is 0.358 e. The standard InChI is InChI=1S/C18H27N3O3S2/c1-12-5-4-6-16(13(12)2)19-18(25)21-20-17(22)15-9-7-14(8-10-15)11-26(3,23)24/h7-10,12-13,16H,4-6,11H2,1-3H3,(H,20,22)(H2,19,21,25)/t12-,13+,16+/m0/s1. The Morgan fingerprint density at radius 2 is 1.81 bits per heavy atom. The van der Waals surface area contributed by atoms with Crippen LogP contribution in [0.2, 0.25) is 0 Å². The summed E-state index contributed by atoms with van der Waals surface area (Å²) in [5, 5.41) is 3.68. The zero-order valence-electron chi connectivity index (χ0n) is 15.4. The molecular formula is C18H27N3O3S2. The summed E-state index contributed by atoms with van der Waals surface area (Å²) in [6.07, 6.45) is 4.67. The average molecular weight is 398 g/mol. The third kappa shape index (κ3) is 6.25. The Morgan fingerprint density at radius 3 is 2.42 bits per heavy atom. The van der Waals surface area contributed by atoms with E-state index in [9.17, 15) is 13.2 Å². The normalized spacial score (nSPS) is 23.1. The van der Waals surface area contributed by atoms with Crippen LogP contribution < -0.4 is 16.2 Å². The first kappa shape index (κ1) is 20.6. The zero-order valence-corrected chi connectivity index (χ0v) is 17.0. The van der Waals surface area contributed by atoms with E-state index in [-0.39, 0.29) is 11.7 Å². The predicted molar refractivity (Wildman–Crippen MR) is 107 cm³/mol. The summed E-state index contributed by atoms with van der Waals surface area (Å²) in [6, 6.07) is 6.78. The molecule has 0 aromatic heterocycles. The van der Waals surface area contributed by atoms with E-state index in [1.807, 2.05) is 0 Å². The Morgan fingerprint density at radius 1 is 1.15 bits per heavy atom.